The molecular formula is C11H14BrN. The van der Waals surface area contributed by atoms with Crippen molar-refractivity contribution in [2.75, 3.05) is 18.0 Å². The molecule has 1 aliphatic rings. The zero-order valence-electron chi connectivity index (χ0n) is 8.05. The minimum atomic E-state index is 0.502. The van der Waals surface area contributed by atoms with Crippen molar-refractivity contribution in [3.05, 3.63) is 28.7 Å². The summed E-state index contributed by atoms with van der Waals surface area (Å²) in [6.45, 7) is 6.95. The number of benzene rings is 1. The maximum absolute atomic E-state index is 3.49. The molecule has 70 valence electrons. The number of nitrogens with zero attached hydrogens (tertiary/aromatic N) is 1. The maximum atomic E-state index is 3.49. The van der Waals surface area contributed by atoms with E-state index in [1.807, 2.05) is 0 Å². The summed E-state index contributed by atoms with van der Waals surface area (Å²) in [7, 11) is 0. The Morgan fingerprint density at radius 2 is 2.00 bits per heavy atom. The SMILES string of the molecule is CC1(C)CN(c2cccc(Br)c2)C1. The van der Waals surface area contributed by atoms with E-state index in [1.54, 1.807) is 0 Å². The van der Waals surface area contributed by atoms with Crippen molar-refractivity contribution < 1.29 is 0 Å². The molecule has 0 aromatic heterocycles. The van der Waals surface area contributed by atoms with Gasteiger partial charge in [0.2, 0.25) is 0 Å². The van der Waals surface area contributed by atoms with E-state index >= 15 is 0 Å². The molecule has 0 atom stereocenters. The van der Waals surface area contributed by atoms with Gasteiger partial charge in [0.1, 0.15) is 0 Å². The van der Waals surface area contributed by atoms with Gasteiger partial charge in [-0.15, -0.1) is 0 Å². The Morgan fingerprint density at radius 1 is 1.31 bits per heavy atom. The van der Waals surface area contributed by atoms with Gasteiger partial charge in [-0.3, -0.25) is 0 Å². The molecule has 1 heterocycles. The van der Waals surface area contributed by atoms with Crippen LogP contribution >= 0.6 is 15.9 Å². The lowest BCUT2D eigenvalue weighted by Crippen LogP contribution is -2.53. The predicted molar refractivity (Wildman–Crippen MR) is 60.1 cm³/mol. The number of hydrogen-bond donors (Lipinski definition) is 0. The van der Waals surface area contributed by atoms with E-state index in [2.05, 4.69) is 58.9 Å². The highest BCUT2D eigenvalue weighted by molar-refractivity contribution is 9.10. The summed E-state index contributed by atoms with van der Waals surface area (Å²) in [5.41, 5.74) is 1.83. The van der Waals surface area contributed by atoms with Crippen molar-refractivity contribution in [1.82, 2.24) is 0 Å². The van der Waals surface area contributed by atoms with Crippen LogP contribution in [-0.4, -0.2) is 13.1 Å². The van der Waals surface area contributed by atoms with E-state index < -0.39 is 0 Å². The lowest BCUT2D eigenvalue weighted by molar-refractivity contribution is 0.276. The van der Waals surface area contributed by atoms with Crippen LogP contribution in [0, 0.1) is 5.41 Å². The van der Waals surface area contributed by atoms with Crippen LogP contribution in [0.15, 0.2) is 28.7 Å². The summed E-state index contributed by atoms with van der Waals surface area (Å²) in [5.74, 6) is 0. The Labute approximate surface area is 87.9 Å². The van der Waals surface area contributed by atoms with Gasteiger partial charge in [-0.05, 0) is 23.6 Å². The smallest absolute Gasteiger partial charge is 0.0377 e. The molecule has 0 amide bonds. The molecular weight excluding hydrogens is 226 g/mol. The zero-order chi connectivity index (χ0) is 9.47. The monoisotopic (exact) mass is 239 g/mol. The lowest BCUT2D eigenvalue weighted by atomic mass is 9.84. The molecule has 0 radical (unpaired) electrons. The van der Waals surface area contributed by atoms with Crippen molar-refractivity contribution in [3.63, 3.8) is 0 Å². The second-order valence-corrected chi connectivity index (χ2v) is 5.42. The molecule has 0 unspecified atom stereocenters. The predicted octanol–water partition coefficient (Wildman–Crippen LogP) is 3.30. The van der Waals surface area contributed by atoms with Gasteiger partial charge in [0.25, 0.3) is 0 Å². The molecule has 1 saturated heterocycles. The van der Waals surface area contributed by atoms with Crippen LogP contribution in [-0.2, 0) is 0 Å². The second kappa shape index (κ2) is 3.02. The fraction of sp³-hybridized carbons (Fsp3) is 0.455. The fourth-order valence-electron chi connectivity index (χ4n) is 1.84. The first kappa shape index (κ1) is 9.07. The number of anilines is 1. The van der Waals surface area contributed by atoms with E-state index in [0.717, 1.165) is 4.47 Å². The topological polar surface area (TPSA) is 3.24 Å². The Bertz CT molecular complexity index is 312. The molecule has 0 N–H and O–H groups in total. The van der Waals surface area contributed by atoms with Crippen molar-refractivity contribution in [3.8, 4) is 0 Å². The molecule has 1 fully saturated rings. The molecule has 1 nitrogen and oxygen atoms in total. The maximum Gasteiger partial charge on any atom is 0.0377 e. The summed E-state index contributed by atoms with van der Waals surface area (Å²) in [6, 6.07) is 8.49. The largest absolute Gasteiger partial charge is 0.370 e. The summed E-state index contributed by atoms with van der Waals surface area (Å²) < 4.78 is 1.16. The molecule has 0 aliphatic carbocycles. The zero-order valence-corrected chi connectivity index (χ0v) is 9.63. The van der Waals surface area contributed by atoms with E-state index in [9.17, 15) is 0 Å². The van der Waals surface area contributed by atoms with Gasteiger partial charge in [-0.25, -0.2) is 0 Å². The highest BCUT2D eigenvalue weighted by Crippen LogP contribution is 2.34. The van der Waals surface area contributed by atoms with Crippen LogP contribution in [0.2, 0.25) is 0 Å². The molecule has 1 aromatic carbocycles. The van der Waals surface area contributed by atoms with E-state index in [-0.39, 0.29) is 0 Å². The highest BCUT2D eigenvalue weighted by Gasteiger charge is 2.33. The number of hydrogen-bond acceptors (Lipinski definition) is 1. The average molecular weight is 240 g/mol. The molecule has 2 rings (SSSR count). The van der Waals surface area contributed by atoms with Crippen LogP contribution in [0.1, 0.15) is 13.8 Å². The van der Waals surface area contributed by atoms with Gasteiger partial charge < -0.3 is 4.90 Å². The molecule has 2 heteroatoms. The van der Waals surface area contributed by atoms with Crippen molar-refractivity contribution in [2.24, 2.45) is 5.41 Å². The first-order valence-corrected chi connectivity index (χ1v) is 5.37. The van der Waals surface area contributed by atoms with Gasteiger partial charge in [0.05, 0.1) is 0 Å². The Morgan fingerprint density at radius 3 is 2.54 bits per heavy atom. The Hall–Kier alpha value is -0.500. The van der Waals surface area contributed by atoms with Gasteiger partial charge in [0, 0.05) is 23.2 Å². The molecule has 0 spiro atoms. The number of rotatable bonds is 1. The normalized spacial score (nSPS) is 19.8. The molecule has 13 heavy (non-hydrogen) atoms. The minimum absolute atomic E-state index is 0.502. The second-order valence-electron chi connectivity index (χ2n) is 4.50. The van der Waals surface area contributed by atoms with Gasteiger partial charge in [0.15, 0.2) is 0 Å². The fourth-order valence-corrected chi connectivity index (χ4v) is 2.23. The van der Waals surface area contributed by atoms with Crippen LogP contribution in [0.25, 0.3) is 0 Å². The lowest BCUT2D eigenvalue weighted by Gasteiger charge is -2.47. The third kappa shape index (κ3) is 1.88. The standard InChI is InChI=1S/C11H14BrN/c1-11(2)7-13(8-11)10-5-3-4-9(12)6-10/h3-6H,7-8H2,1-2H3. The summed E-state index contributed by atoms with van der Waals surface area (Å²) in [5, 5.41) is 0. The van der Waals surface area contributed by atoms with Crippen LogP contribution in [0.4, 0.5) is 5.69 Å². The van der Waals surface area contributed by atoms with Crippen molar-refractivity contribution in [1.29, 1.82) is 0 Å². The first-order valence-electron chi connectivity index (χ1n) is 4.57. The number of halogens is 1. The first-order chi connectivity index (χ1) is 6.07. The van der Waals surface area contributed by atoms with E-state index in [4.69, 9.17) is 0 Å². The molecule has 0 saturated carbocycles. The van der Waals surface area contributed by atoms with E-state index in [1.165, 1.54) is 18.8 Å². The summed E-state index contributed by atoms with van der Waals surface area (Å²) in [4.78, 5) is 2.41. The minimum Gasteiger partial charge on any atom is -0.370 e. The summed E-state index contributed by atoms with van der Waals surface area (Å²) >= 11 is 3.49. The third-order valence-corrected chi connectivity index (χ3v) is 2.90. The molecule has 1 aliphatic heterocycles. The Kier molecular flexibility index (Phi) is 2.11. The molecule has 0 bridgehead atoms. The van der Waals surface area contributed by atoms with Crippen molar-refractivity contribution in [2.45, 2.75) is 13.8 Å². The Balaban J connectivity index is 2.11. The third-order valence-electron chi connectivity index (χ3n) is 2.41. The van der Waals surface area contributed by atoms with Crippen LogP contribution in [0.3, 0.4) is 0 Å². The summed E-state index contributed by atoms with van der Waals surface area (Å²) in [6.07, 6.45) is 0. The van der Waals surface area contributed by atoms with Gasteiger partial charge in [-0.1, -0.05) is 35.8 Å². The van der Waals surface area contributed by atoms with Crippen LogP contribution < -0.4 is 4.90 Å². The quantitative estimate of drug-likeness (QED) is 0.728. The average Bonchev–Trinajstić information content (AvgIpc) is 2.00. The molecule has 1 aromatic rings. The van der Waals surface area contributed by atoms with Gasteiger partial charge in [-0.2, -0.15) is 0 Å². The van der Waals surface area contributed by atoms with Crippen molar-refractivity contribution >= 4 is 21.6 Å². The van der Waals surface area contributed by atoms with Crippen LogP contribution in [0.5, 0.6) is 0 Å². The highest BCUT2D eigenvalue weighted by atomic mass is 79.9. The van der Waals surface area contributed by atoms with Gasteiger partial charge >= 0.3 is 0 Å². The van der Waals surface area contributed by atoms with E-state index in [0.29, 0.717) is 5.41 Å².